The molecule has 8 heteroatoms. The molecule has 0 radical (unpaired) electrons. The second-order valence-electron chi connectivity index (χ2n) is 6.38. The first-order valence-electron chi connectivity index (χ1n) is 8.56. The maximum Gasteiger partial charge on any atom is 0.339 e. The fourth-order valence-corrected chi connectivity index (χ4v) is 4.28. The highest BCUT2D eigenvalue weighted by Gasteiger charge is 2.35. The molecule has 3 aromatic rings. The first-order chi connectivity index (χ1) is 13.5. The molecular weight excluding hydrogens is 380 g/mol. The van der Waals surface area contributed by atoms with E-state index in [1.54, 1.807) is 30.9 Å². The van der Waals surface area contributed by atoms with Crippen molar-refractivity contribution in [3.8, 4) is 17.2 Å². The van der Waals surface area contributed by atoms with Crippen LogP contribution >= 0.6 is 11.3 Å². The number of carboxylic acids is 1. The Morgan fingerprint density at radius 3 is 2.75 bits per heavy atom. The lowest BCUT2D eigenvalue weighted by molar-refractivity contribution is -0.116. The number of hydrogen-bond donors (Lipinski definition) is 2. The SMILES string of the molecule is COc1ccc(-n2cc(C(=O)O)c3c2[C@@H](c2ccsc2)CC(=O)N3)c(OC)c1. The Hall–Kier alpha value is -3.26. The van der Waals surface area contributed by atoms with Gasteiger partial charge >= 0.3 is 5.97 Å². The van der Waals surface area contributed by atoms with E-state index in [0.29, 0.717) is 22.9 Å². The van der Waals surface area contributed by atoms with Crippen molar-refractivity contribution in [2.75, 3.05) is 19.5 Å². The Morgan fingerprint density at radius 1 is 1.29 bits per heavy atom. The molecule has 144 valence electrons. The van der Waals surface area contributed by atoms with Crippen molar-refractivity contribution in [3.63, 3.8) is 0 Å². The summed E-state index contributed by atoms with van der Waals surface area (Å²) in [5, 5.41) is 16.4. The summed E-state index contributed by atoms with van der Waals surface area (Å²) in [5.41, 5.74) is 2.74. The first kappa shape index (κ1) is 18.1. The quantitative estimate of drug-likeness (QED) is 0.684. The van der Waals surface area contributed by atoms with E-state index in [4.69, 9.17) is 9.47 Å². The van der Waals surface area contributed by atoms with Crippen LogP contribution in [-0.2, 0) is 4.79 Å². The minimum Gasteiger partial charge on any atom is -0.497 e. The number of carboxylic acid groups (broad SMARTS) is 1. The fraction of sp³-hybridized carbons (Fsp3) is 0.200. The van der Waals surface area contributed by atoms with Gasteiger partial charge < -0.3 is 24.5 Å². The van der Waals surface area contributed by atoms with Gasteiger partial charge in [-0.3, -0.25) is 4.79 Å². The van der Waals surface area contributed by atoms with Crippen molar-refractivity contribution in [2.45, 2.75) is 12.3 Å². The van der Waals surface area contributed by atoms with Crippen molar-refractivity contribution in [1.29, 1.82) is 0 Å². The number of carbonyl (C=O) groups is 2. The van der Waals surface area contributed by atoms with Gasteiger partial charge in [0.1, 0.15) is 17.1 Å². The number of aromatic carboxylic acids is 1. The number of ether oxygens (including phenoxy) is 2. The van der Waals surface area contributed by atoms with Gasteiger partial charge in [0.25, 0.3) is 0 Å². The number of hydrogen-bond acceptors (Lipinski definition) is 5. The summed E-state index contributed by atoms with van der Waals surface area (Å²) in [6.45, 7) is 0. The van der Waals surface area contributed by atoms with Gasteiger partial charge in [0.2, 0.25) is 5.91 Å². The molecule has 3 heterocycles. The molecule has 0 saturated carbocycles. The van der Waals surface area contributed by atoms with E-state index in [1.807, 2.05) is 22.9 Å². The maximum absolute atomic E-state index is 12.3. The third-order valence-corrected chi connectivity index (χ3v) is 5.55. The summed E-state index contributed by atoms with van der Waals surface area (Å²) in [7, 11) is 3.11. The number of rotatable bonds is 5. The molecule has 0 unspecified atom stereocenters. The zero-order valence-electron chi connectivity index (χ0n) is 15.3. The van der Waals surface area contributed by atoms with Crippen molar-refractivity contribution < 1.29 is 24.2 Å². The van der Waals surface area contributed by atoms with Crippen LogP contribution in [0.3, 0.4) is 0 Å². The molecule has 2 N–H and O–H groups in total. The highest BCUT2D eigenvalue weighted by atomic mass is 32.1. The molecule has 0 spiro atoms. The zero-order valence-corrected chi connectivity index (χ0v) is 16.1. The fourth-order valence-electron chi connectivity index (χ4n) is 3.56. The number of aromatic nitrogens is 1. The summed E-state index contributed by atoms with van der Waals surface area (Å²) >= 11 is 1.54. The molecule has 7 nitrogen and oxygen atoms in total. The number of anilines is 1. The van der Waals surface area contributed by atoms with E-state index in [0.717, 1.165) is 11.3 Å². The van der Waals surface area contributed by atoms with E-state index in [-0.39, 0.29) is 23.8 Å². The number of nitrogens with zero attached hydrogens (tertiary/aromatic N) is 1. The van der Waals surface area contributed by atoms with E-state index in [9.17, 15) is 14.7 Å². The van der Waals surface area contributed by atoms with Crippen LogP contribution in [0.5, 0.6) is 11.5 Å². The van der Waals surface area contributed by atoms with Crippen LogP contribution in [-0.4, -0.2) is 35.8 Å². The second-order valence-corrected chi connectivity index (χ2v) is 7.16. The van der Waals surface area contributed by atoms with Gasteiger partial charge in [-0.15, -0.1) is 0 Å². The highest BCUT2D eigenvalue weighted by molar-refractivity contribution is 7.08. The lowest BCUT2D eigenvalue weighted by Gasteiger charge is -2.26. The number of carbonyl (C=O) groups excluding carboxylic acids is 1. The first-order valence-corrected chi connectivity index (χ1v) is 9.50. The standard InChI is InChI=1S/C20H18N2O5S/c1-26-12-3-4-15(16(7-12)27-2)22-9-14(20(24)25)18-19(22)13(8-17(23)21-18)11-5-6-28-10-11/h3-7,9-10,13H,8H2,1-2H3,(H,21,23)(H,24,25)/t13-/m1/s1. The molecule has 1 aliphatic heterocycles. The number of nitrogens with one attached hydrogen (secondary N) is 1. The molecule has 1 amide bonds. The Balaban J connectivity index is 1.98. The van der Waals surface area contributed by atoms with Crippen LogP contribution < -0.4 is 14.8 Å². The molecule has 0 saturated heterocycles. The smallest absolute Gasteiger partial charge is 0.339 e. The molecule has 0 aliphatic carbocycles. The molecular formula is C20H18N2O5S. The highest BCUT2D eigenvalue weighted by Crippen LogP contribution is 2.43. The van der Waals surface area contributed by atoms with Gasteiger partial charge in [-0.05, 0) is 34.5 Å². The number of fused-ring (bicyclic) bond motifs is 1. The predicted molar refractivity (Wildman–Crippen MR) is 105 cm³/mol. The number of thiophene rings is 1. The lowest BCUT2D eigenvalue weighted by Crippen LogP contribution is -2.25. The molecule has 0 fully saturated rings. The van der Waals surface area contributed by atoms with Gasteiger partial charge in [-0.2, -0.15) is 11.3 Å². The number of methoxy groups -OCH3 is 2. The molecule has 28 heavy (non-hydrogen) atoms. The van der Waals surface area contributed by atoms with Crippen LogP contribution in [0.25, 0.3) is 5.69 Å². The molecule has 0 bridgehead atoms. The summed E-state index contributed by atoms with van der Waals surface area (Å²) < 4.78 is 12.6. The van der Waals surface area contributed by atoms with E-state index in [2.05, 4.69) is 5.32 Å². The monoisotopic (exact) mass is 398 g/mol. The number of benzene rings is 1. The van der Waals surface area contributed by atoms with Crippen LogP contribution in [0.1, 0.15) is 34.0 Å². The molecule has 2 aromatic heterocycles. The van der Waals surface area contributed by atoms with Gasteiger partial charge in [-0.1, -0.05) is 0 Å². The zero-order chi connectivity index (χ0) is 19.8. The Bertz CT molecular complexity index is 1050. The van der Waals surface area contributed by atoms with Crippen LogP contribution in [0.4, 0.5) is 5.69 Å². The third-order valence-electron chi connectivity index (χ3n) is 4.85. The van der Waals surface area contributed by atoms with E-state index >= 15 is 0 Å². The lowest BCUT2D eigenvalue weighted by atomic mass is 9.90. The van der Waals surface area contributed by atoms with Crippen molar-refractivity contribution in [3.05, 3.63) is 58.0 Å². The topological polar surface area (TPSA) is 89.8 Å². The molecule has 1 aliphatic rings. The third kappa shape index (κ3) is 2.91. The minimum atomic E-state index is -1.10. The van der Waals surface area contributed by atoms with Gasteiger partial charge in [0.15, 0.2) is 0 Å². The summed E-state index contributed by atoms with van der Waals surface area (Å²) in [6, 6.07) is 7.29. The van der Waals surface area contributed by atoms with Crippen molar-refractivity contribution >= 4 is 28.9 Å². The molecule has 1 atom stereocenters. The van der Waals surface area contributed by atoms with E-state index in [1.165, 1.54) is 17.5 Å². The Morgan fingerprint density at radius 2 is 2.11 bits per heavy atom. The molecule has 1 aromatic carbocycles. The van der Waals surface area contributed by atoms with Gasteiger partial charge in [-0.25, -0.2) is 4.79 Å². The average Bonchev–Trinajstić information content (AvgIpc) is 3.35. The van der Waals surface area contributed by atoms with E-state index < -0.39 is 5.97 Å². The van der Waals surface area contributed by atoms with Crippen LogP contribution in [0.15, 0.2) is 41.2 Å². The largest absolute Gasteiger partial charge is 0.497 e. The summed E-state index contributed by atoms with van der Waals surface area (Å²) in [5.74, 6) is -0.396. The number of amides is 1. The van der Waals surface area contributed by atoms with Gasteiger partial charge in [0, 0.05) is 24.6 Å². The maximum atomic E-state index is 12.3. The average molecular weight is 398 g/mol. The van der Waals surface area contributed by atoms with Crippen LogP contribution in [0, 0.1) is 0 Å². The van der Waals surface area contributed by atoms with Gasteiger partial charge in [0.05, 0.1) is 31.3 Å². The normalized spacial score (nSPS) is 15.6. The Kier molecular flexibility index (Phi) is 4.56. The Labute approximate surface area is 165 Å². The molecule has 4 rings (SSSR count). The van der Waals surface area contributed by atoms with Crippen molar-refractivity contribution in [1.82, 2.24) is 4.57 Å². The predicted octanol–water partition coefficient (Wildman–Crippen LogP) is 3.73. The second kappa shape index (κ2) is 7.05. The van der Waals surface area contributed by atoms with Crippen molar-refractivity contribution in [2.24, 2.45) is 0 Å². The summed E-state index contributed by atoms with van der Waals surface area (Å²) in [6.07, 6.45) is 1.77. The minimum absolute atomic E-state index is 0.0427. The summed E-state index contributed by atoms with van der Waals surface area (Å²) in [4.78, 5) is 24.2. The van der Waals surface area contributed by atoms with Crippen LogP contribution in [0.2, 0.25) is 0 Å².